The lowest BCUT2D eigenvalue weighted by Crippen LogP contribution is -2.46. The second-order valence-electron chi connectivity index (χ2n) is 9.85. The highest BCUT2D eigenvalue weighted by Crippen LogP contribution is 2.44. The van der Waals surface area contributed by atoms with E-state index in [4.69, 9.17) is 14.5 Å². The number of fused-ring (bicyclic) bond motifs is 1. The van der Waals surface area contributed by atoms with E-state index < -0.39 is 29.6 Å². The molecule has 3 aromatic carbocycles. The standard InChI is InChI=1S/C30H29F4N3O3/c1-39-24-8-4-6-22(17-24)36-13-11-19(12-14-36)29-35-26-10-9-21(31)16-25(26)27(18-28(38)40-2)37(29)23-7-3-5-20(15-23)30(32,33)34/h3-10,15-17,19,27H,11-14,18H2,1-2H3. The molecule has 0 aliphatic carbocycles. The van der Waals surface area contributed by atoms with Gasteiger partial charge in [0.25, 0.3) is 0 Å². The second kappa shape index (κ2) is 11.2. The molecule has 2 aliphatic rings. The van der Waals surface area contributed by atoms with Gasteiger partial charge in [-0.15, -0.1) is 0 Å². The van der Waals surface area contributed by atoms with Gasteiger partial charge in [-0.1, -0.05) is 12.1 Å². The molecule has 2 heterocycles. The predicted molar refractivity (Wildman–Crippen MR) is 145 cm³/mol. The van der Waals surface area contributed by atoms with Crippen LogP contribution in [0.3, 0.4) is 0 Å². The average Bonchev–Trinajstić information content (AvgIpc) is 2.96. The van der Waals surface area contributed by atoms with Gasteiger partial charge in [0.2, 0.25) is 0 Å². The number of carbonyl (C=O) groups is 1. The first-order chi connectivity index (χ1) is 19.2. The summed E-state index contributed by atoms with van der Waals surface area (Å²) in [5, 5.41) is 0. The van der Waals surface area contributed by atoms with Crippen LogP contribution in [0.2, 0.25) is 0 Å². The number of halogens is 4. The van der Waals surface area contributed by atoms with E-state index >= 15 is 0 Å². The maximum atomic E-state index is 14.4. The maximum absolute atomic E-state index is 14.4. The van der Waals surface area contributed by atoms with Crippen molar-refractivity contribution >= 4 is 28.9 Å². The Kier molecular flexibility index (Phi) is 7.69. The van der Waals surface area contributed by atoms with Crippen molar-refractivity contribution in [2.75, 3.05) is 37.1 Å². The number of carbonyl (C=O) groups excluding carboxylic acids is 1. The SMILES string of the molecule is COC(=O)CC1c2cc(F)ccc2N=C(C2CCN(c3cccc(OC)c3)CC2)N1c1cccc(C(F)(F)F)c1. The maximum Gasteiger partial charge on any atom is 0.416 e. The van der Waals surface area contributed by atoms with E-state index in [1.807, 2.05) is 24.3 Å². The van der Waals surface area contributed by atoms with Gasteiger partial charge in [0.05, 0.1) is 37.9 Å². The molecule has 2 aliphatic heterocycles. The number of anilines is 2. The molecule has 10 heteroatoms. The highest BCUT2D eigenvalue weighted by Gasteiger charge is 2.39. The summed E-state index contributed by atoms with van der Waals surface area (Å²) in [6.07, 6.45) is -3.40. The lowest BCUT2D eigenvalue weighted by atomic mass is 9.89. The fourth-order valence-electron chi connectivity index (χ4n) is 5.45. The van der Waals surface area contributed by atoms with Gasteiger partial charge in [0.1, 0.15) is 17.4 Å². The summed E-state index contributed by atoms with van der Waals surface area (Å²) in [5.74, 6) is 0.100. The first-order valence-electron chi connectivity index (χ1n) is 13.0. The summed E-state index contributed by atoms with van der Waals surface area (Å²) >= 11 is 0. The van der Waals surface area contributed by atoms with E-state index in [1.54, 1.807) is 24.1 Å². The first-order valence-corrected chi connectivity index (χ1v) is 13.0. The van der Waals surface area contributed by atoms with Gasteiger partial charge < -0.3 is 19.3 Å². The van der Waals surface area contributed by atoms with Crippen molar-refractivity contribution in [3.05, 3.63) is 83.7 Å². The van der Waals surface area contributed by atoms with Crippen LogP contribution in [0.15, 0.2) is 71.7 Å². The van der Waals surface area contributed by atoms with Crippen LogP contribution in [0, 0.1) is 11.7 Å². The minimum atomic E-state index is -4.56. The number of methoxy groups -OCH3 is 2. The molecule has 3 aromatic rings. The summed E-state index contributed by atoms with van der Waals surface area (Å²) < 4.78 is 65.8. The number of rotatable bonds is 6. The Hall–Kier alpha value is -4.08. The van der Waals surface area contributed by atoms with Crippen LogP contribution in [0.4, 0.5) is 34.6 Å². The molecule has 1 atom stereocenters. The number of esters is 1. The number of amidine groups is 1. The van der Waals surface area contributed by atoms with Gasteiger partial charge in [-0.25, -0.2) is 9.38 Å². The Morgan fingerprint density at radius 3 is 2.40 bits per heavy atom. The van der Waals surface area contributed by atoms with Crippen LogP contribution in [0.25, 0.3) is 0 Å². The third-order valence-electron chi connectivity index (χ3n) is 7.46. The van der Waals surface area contributed by atoms with Crippen molar-refractivity contribution in [3.63, 3.8) is 0 Å². The number of alkyl halides is 3. The average molecular weight is 556 g/mol. The van der Waals surface area contributed by atoms with Crippen LogP contribution in [0.1, 0.15) is 36.4 Å². The Morgan fingerprint density at radius 2 is 1.70 bits per heavy atom. The number of hydrogen-bond acceptors (Lipinski definition) is 6. The fraction of sp³-hybridized carbons (Fsp3) is 0.333. The van der Waals surface area contributed by atoms with Gasteiger partial charge in [-0.05, 0) is 61.4 Å². The summed E-state index contributed by atoms with van der Waals surface area (Å²) in [5.41, 5.74) is 1.33. The third kappa shape index (κ3) is 5.61. The number of hydrogen-bond donors (Lipinski definition) is 0. The van der Waals surface area contributed by atoms with Crippen molar-refractivity contribution in [3.8, 4) is 5.75 Å². The molecule has 0 aromatic heterocycles. The summed E-state index contributed by atoms with van der Waals surface area (Å²) in [7, 11) is 2.86. The van der Waals surface area contributed by atoms with E-state index in [1.165, 1.54) is 25.3 Å². The number of ether oxygens (including phenoxy) is 2. The summed E-state index contributed by atoms with van der Waals surface area (Å²) in [4.78, 5) is 21.3. The van der Waals surface area contributed by atoms with Crippen molar-refractivity contribution in [2.45, 2.75) is 31.5 Å². The van der Waals surface area contributed by atoms with E-state index in [0.717, 1.165) is 23.6 Å². The lowest BCUT2D eigenvalue weighted by molar-refractivity contribution is -0.141. The molecule has 0 radical (unpaired) electrons. The molecule has 0 amide bonds. The van der Waals surface area contributed by atoms with E-state index in [-0.39, 0.29) is 18.0 Å². The lowest BCUT2D eigenvalue weighted by Gasteiger charge is -2.43. The highest BCUT2D eigenvalue weighted by atomic mass is 19.4. The molecule has 40 heavy (non-hydrogen) atoms. The summed E-state index contributed by atoms with van der Waals surface area (Å²) in [6, 6.07) is 16.0. The molecule has 0 saturated carbocycles. The van der Waals surface area contributed by atoms with Crippen LogP contribution < -0.4 is 14.5 Å². The first kappa shape index (κ1) is 27.5. The molecule has 1 fully saturated rings. The van der Waals surface area contributed by atoms with E-state index in [9.17, 15) is 22.4 Å². The van der Waals surface area contributed by atoms with Gasteiger partial charge in [0.15, 0.2) is 0 Å². The number of benzene rings is 3. The number of nitrogens with zero attached hydrogens (tertiary/aromatic N) is 3. The van der Waals surface area contributed by atoms with Crippen LogP contribution >= 0.6 is 0 Å². The molecule has 0 N–H and O–H groups in total. The molecule has 210 valence electrons. The van der Waals surface area contributed by atoms with Gasteiger partial charge in [0, 0.05) is 42.0 Å². The summed E-state index contributed by atoms with van der Waals surface area (Å²) in [6.45, 7) is 1.37. The molecule has 5 rings (SSSR count). The van der Waals surface area contributed by atoms with E-state index in [0.29, 0.717) is 43.0 Å². The monoisotopic (exact) mass is 555 g/mol. The zero-order valence-electron chi connectivity index (χ0n) is 22.1. The topological polar surface area (TPSA) is 54.4 Å². The molecule has 0 spiro atoms. The fourth-order valence-corrected chi connectivity index (χ4v) is 5.45. The second-order valence-corrected chi connectivity index (χ2v) is 9.85. The normalized spacial score (nSPS) is 17.8. The van der Waals surface area contributed by atoms with E-state index in [2.05, 4.69) is 4.90 Å². The minimum Gasteiger partial charge on any atom is -0.497 e. The molecule has 1 unspecified atom stereocenters. The van der Waals surface area contributed by atoms with Gasteiger partial charge in [-0.3, -0.25) is 4.79 Å². The van der Waals surface area contributed by atoms with Crippen LogP contribution in [-0.4, -0.2) is 39.1 Å². The quantitative estimate of drug-likeness (QED) is 0.244. The molecule has 0 bridgehead atoms. The van der Waals surface area contributed by atoms with Crippen molar-refractivity contribution in [2.24, 2.45) is 10.9 Å². The Morgan fingerprint density at radius 1 is 0.975 bits per heavy atom. The smallest absolute Gasteiger partial charge is 0.416 e. The predicted octanol–water partition coefficient (Wildman–Crippen LogP) is 6.92. The number of aliphatic imine (C=N–C) groups is 1. The van der Waals surface area contributed by atoms with Crippen molar-refractivity contribution < 1.29 is 31.8 Å². The third-order valence-corrected chi connectivity index (χ3v) is 7.46. The Bertz CT molecular complexity index is 1420. The van der Waals surface area contributed by atoms with Crippen molar-refractivity contribution in [1.29, 1.82) is 0 Å². The van der Waals surface area contributed by atoms with Crippen molar-refractivity contribution in [1.82, 2.24) is 0 Å². The van der Waals surface area contributed by atoms with Gasteiger partial charge in [-0.2, -0.15) is 13.2 Å². The molecular formula is C30H29F4N3O3. The van der Waals surface area contributed by atoms with Gasteiger partial charge >= 0.3 is 12.1 Å². The molecular weight excluding hydrogens is 526 g/mol. The molecule has 6 nitrogen and oxygen atoms in total. The zero-order chi connectivity index (χ0) is 28.4. The Labute approximate surface area is 229 Å². The van der Waals surface area contributed by atoms with Crippen LogP contribution in [-0.2, 0) is 15.7 Å². The Balaban J connectivity index is 1.55. The zero-order valence-corrected chi connectivity index (χ0v) is 22.1. The largest absolute Gasteiger partial charge is 0.497 e. The highest BCUT2D eigenvalue weighted by molar-refractivity contribution is 6.04. The minimum absolute atomic E-state index is 0.116. The van der Waals surface area contributed by atoms with Crippen LogP contribution in [0.5, 0.6) is 5.75 Å². The number of piperidine rings is 1. The molecule has 1 saturated heterocycles.